The van der Waals surface area contributed by atoms with E-state index in [4.69, 9.17) is 4.74 Å². The fourth-order valence-electron chi connectivity index (χ4n) is 2.86. The Hall–Kier alpha value is -1.81. The zero-order valence-electron chi connectivity index (χ0n) is 12.1. The second kappa shape index (κ2) is 5.67. The van der Waals surface area contributed by atoms with E-state index in [-0.39, 0.29) is 6.04 Å². The van der Waals surface area contributed by atoms with Crippen molar-refractivity contribution >= 4 is 0 Å². The maximum absolute atomic E-state index is 5.58. The molecule has 0 radical (unpaired) electrons. The number of rotatable bonds is 5. The van der Waals surface area contributed by atoms with Gasteiger partial charge >= 0.3 is 0 Å². The molecule has 1 aliphatic heterocycles. The van der Waals surface area contributed by atoms with Crippen molar-refractivity contribution in [3.63, 3.8) is 0 Å². The first-order valence-electron chi connectivity index (χ1n) is 7.28. The molecule has 1 N–H and O–H groups in total. The maximum atomic E-state index is 5.58. The SMILES string of the molecule is CCCn1nccc1C(NC)c1ccc2c(c1)CCO2. The van der Waals surface area contributed by atoms with Gasteiger partial charge in [0.15, 0.2) is 0 Å². The highest BCUT2D eigenvalue weighted by molar-refractivity contribution is 5.42. The van der Waals surface area contributed by atoms with Crippen molar-refractivity contribution in [3.05, 3.63) is 47.3 Å². The highest BCUT2D eigenvalue weighted by Gasteiger charge is 2.19. The van der Waals surface area contributed by atoms with Crippen molar-refractivity contribution in [2.45, 2.75) is 32.4 Å². The van der Waals surface area contributed by atoms with Crippen molar-refractivity contribution in [2.24, 2.45) is 0 Å². The lowest BCUT2D eigenvalue weighted by Crippen LogP contribution is -2.21. The average Bonchev–Trinajstić information content (AvgIpc) is 3.09. The molecule has 1 aromatic heterocycles. The van der Waals surface area contributed by atoms with Crippen LogP contribution in [-0.4, -0.2) is 23.4 Å². The number of aromatic nitrogens is 2. The van der Waals surface area contributed by atoms with Crippen molar-refractivity contribution in [3.8, 4) is 5.75 Å². The second-order valence-corrected chi connectivity index (χ2v) is 5.17. The third-order valence-electron chi connectivity index (χ3n) is 3.82. The maximum Gasteiger partial charge on any atom is 0.122 e. The smallest absolute Gasteiger partial charge is 0.122 e. The Kier molecular flexibility index (Phi) is 3.74. The van der Waals surface area contributed by atoms with Gasteiger partial charge in [0.2, 0.25) is 0 Å². The zero-order valence-corrected chi connectivity index (χ0v) is 12.1. The zero-order chi connectivity index (χ0) is 13.9. The number of hydrogen-bond donors (Lipinski definition) is 1. The predicted octanol–water partition coefficient (Wildman–Crippen LogP) is 2.54. The molecule has 1 aliphatic rings. The van der Waals surface area contributed by atoms with Crippen LogP contribution in [0, 0.1) is 0 Å². The summed E-state index contributed by atoms with van der Waals surface area (Å²) in [6.45, 7) is 3.93. The van der Waals surface area contributed by atoms with Gasteiger partial charge in [0, 0.05) is 19.2 Å². The van der Waals surface area contributed by atoms with Crippen molar-refractivity contribution in [1.29, 1.82) is 0 Å². The lowest BCUT2D eigenvalue weighted by atomic mass is 10.00. The molecule has 106 valence electrons. The average molecular weight is 271 g/mol. The molecule has 4 nitrogen and oxygen atoms in total. The standard InChI is InChI=1S/C16H21N3O/c1-3-9-19-14(6-8-18-19)16(17-2)13-4-5-15-12(11-13)7-10-20-15/h4-6,8,11,16-17H,3,7,9-10H2,1-2H3. The number of fused-ring (bicyclic) bond motifs is 1. The van der Waals surface area contributed by atoms with Crippen LogP contribution in [0.5, 0.6) is 5.75 Å². The Morgan fingerprint density at radius 1 is 1.40 bits per heavy atom. The number of nitrogens with one attached hydrogen (secondary N) is 1. The van der Waals surface area contributed by atoms with Crippen molar-refractivity contribution in [2.75, 3.05) is 13.7 Å². The molecule has 0 saturated carbocycles. The van der Waals surface area contributed by atoms with Gasteiger partial charge in [-0.2, -0.15) is 5.10 Å². The molecule has 3 rings (SSSR count). The van der Waals surface area contributed by atoms with Crippen molar-refractivity contribution in [1.82, 2.24) is 15.1 Å². The van der Waals surface area contributed by atoms with E-state index in [2.05, 4.69) is 46.3 Å². The molecule has 0 spiro atoms. The van der Waals surface area contributed by atoms with Crippen LogP contribution in [0.2, 0.25) is 0 Å². The van der Waals surface area contributed by atoms with Crippen LogP contribution in [0.1, 0.15) is 36.2 Å². The summed E-state index contributed by atoms with van der Waals surface area (Å²) in [4.78, 5) is 0. The Balaban J connectivity index is 1.95. The van der Waals surface area contributed by atoms with E-state index in [0.29, 0.717) is 0 Å². The van der Waals surface area contributed by atoms with E-state index in [0.717, 1.165) is 31.7 Å². The molecule has 0 fully saturated rings. The third kappa shape index (κ3) is 2.31. The Morgan fingerprint density at radius 2 is 2.30 bits per heavy atom. The number of aryl methyl sites for hydroxylation is 1. The molecular weight excluding hydrogens is 250 g/mol. The first-order chi connectivity index (χ1) is 9.83. The van der Waals surface area contributed by atoms with Crippen LogP contribution in [0.15, 0.2) is 30.5 Å². The normalized spacial score (nSPS) is 14.9. The molecule has 0 bridgehead atoms. The molecule has 0 aliphatic carbocycles. The summed E-state index contributed by atoms with van der Waals surface area (Å²) < 4.78 is 7.67. The summed E-state index contributed by atoms with van der Waals surface area (Å²) in [5, 5.41) is 7.83. The topological polar surface area (TPSA) is 39.1 Å². The molecule has 20 heavy (non-hydrogen) atoms. The molecule has 0 amide bonds. The van der Waals surface area contributed by atoms with E-state index in [1.807, 2.05) is 13.2 Å². The minimum Gasteiger partial charge on any atom is -0.493 e. The molecule has 4 heteroatoms. The van der Waals surface area contributed by atoms with Crippen LogP contribution < -0.4 is 10.1 Å². The van der Waals surface area contributed by atoms with Gasteiger partial charge in [0.25, 0.3) is 0 Å². The summed E-state index contributed by atoms with van der Waals surface area (Å²) >= 11 is 0. The van der Waals surface area contributed by atoms with E-state index in [1.54, 1.807) is 0 Å². The molecule has 1 aromatic carbocycles. The summed E-state index contributed by atoms with van der Waals surface area (Å²) in [6, 6.07) is 8.76. The predicted molar refractivity (Wildman–Crippen MR) is 79.1 cm³/mol. The largest absolute Gasteiger partial charge is 0.493 e. The fourth-order valence-corrected chi connectivity index (χ4v) is 2.86. The van der Waals surface area contributed by atoms with Crippen LogP contribution in [-0.2, 0) is 13.0 Å². The molecule has 2 heterocycles. The Morgan fingerprint density at radius 3 is 3.10 bits per heavy atom. The van der Waals surface area contributed by atoms with Crippen LogP contribution in [0.3, 0.4) is 0 Å². The van der Waals surface area contributed by atoms with Gasteiger partial charge in [0.1, 0.15) is 5.75 Å². The van der Waals surface area contributed by atoms with E-state index in [1.165, 1.54) is 16.8 Å². The third-order valence-corrected chi connectivity index (χ3v) is 3.82. The van der Waals surface area contributed by atoms with Gasteiger partial charge in [-0.15, -0.1) is 0 Å². The lowest BCUT2D eigenvalue weighted by Gasteiger charge is -2.19. The molecule has 1 atom stereocenters. The first kappa shape index (κ1) is 13.2. The van der Waals surface area contributed by atoms with Crippen molar-refractivity contribution < 1.29 is 4.74 Å². The first-order valence-corrected chi connectivity index (χ1v) is 7.28. The minimum atomic E-state index is 0.176. The van der Waals surface area contributed by atoms with Crippen LogP contribution in [0.4, 0.5) is 0 Å². The monoisotopic (exact) mass is 271 g/mol. The highest BCUT2D eigenvalue weighted by Crippen LogP contribution is 2.30. The number of ether oxygens (including phenoxy) is 1. The van der Waals surface area contributed by atoms with E-state index in [9.17, 15) is 0 Å². The van der Waals surface area contributed by atoms with Gasteiger partial charge < -0.3 is 10.1 Å². The van der Waals surface area contributed by atoms with E-state index < -0.39 is 0 Å². The number of benzene rings is 1. The van der Waals surface area contributed by atoms with Gasteiger partial charge in [-0.05, 0) is 36.7 Å². The molecule has 0 saturated heterocycles. The summed E-state index contributed by atoms with van der Waals surface area (Å²) in [5.74, 6) is 1.03. The molecule has 2 aromatic rings. The lowest BCUT2D eigenvalue weighted by molar-refractivity contribution is 0.357. The van der Waals surface area contributed by atoms with E-state index >= 15 is 0 Å². The number of nitrogens with zero attached hydrogens (tertiary/aromatic N) is 2. The Bertz CT molecular complexity index is 591. The van der Waals surface area contributed by atoms with Gasteiger partial charge in [-0.25, -0.2) is 0 Å². The number of hydrogen-bond acceptors (Lipinski definition) is 3. The van der Waals surface area contributed by atoms with Gasteiger partial charge in [-0.1, -0.05) is 19.1 Å². The Labute approximate surface area is 119 Å². The molecular formula is C16H21N3O. The fraction of sp³-hybridized carbons (Fsp3) is 0.438. The van der Waals surface area contributed by atoms with Gasteiger partial charge in [0.05, 0.1) is 18.3 Å². The van der Waals surface area contributed by atoms with Gasteiger partial charge in [-0.3, -0.25) is 4.68 Å². The second-order valence-electron chi connectivity index (χ2n) is 5.17. The summed E-state index contributed by atoms with van der Waals surface area (Å²) in [7, 11) is 2.00. The van der Waals surface area contributed by atoms with Crippen LogP contribution >= 0.6 is 0 Å². The minimum absolute atomic E-state index is 0.176. The summed E-state index contributed by atoms with van der Waals surface area (Å²) in [5.41, 5.74) is 3.80. The highest BCUT2D eigenvalue weighted by atomic mass is 16.5. The molecule has 1 unspecified atom stereocenters. The quantitative estimate of drug-likeness (QED) is 0.908. The van der Waals surface area contributed by atoms with Crippen LogP contribution in [0.25, 0.3) is 0 Å². The summed E-state index contributed by atoms with van der Waals surface area (Å²) in [6.07, 6.45) is 3.97.